The Bertz CT molecular complexity index is 782. The molecule has 106 valence electrons. The molecule has 0 bridgehead atoms. The molecule has 5 heteroatoms. The van der Waals surface area contributed by atoms with Gasteiger partial charge >= 0.3 is 0 Å². The maximum atomic E-state index is 11.1. The van der Waals surface area contributed by atoms with E-state index in [0.717, 1.165) is 16.6 Å². The van der Waals surface area contributed by atoms with Crippen molar-refractivity contribution in [3.8, 4) is 5.69 Å². The van der Waals surface area contributed by atoms with Gasteiger partial charge in [0.2, 0.25) is 0 Å². The number of aromatic nitrogens is 3. The molecule has 0 amide bonds. The van der Waals surface area contributed by atoms with Crippen LogP contribution in [0.25, 0.3) is 16.7 Å². The lowest BCUT2D eigenvalue weighted by molar-refractivity contribution is 0.588. The molecule has 1 heterocycles. The van der Waals surface area contributed by atoms with Crippen LogP contribution in [0, 0.1) is 4.91 Å². The van der Waals surface area contributed by atoms with Gasteiger partial charge in [0.25, 0.3) is 0 Å². The van der Waals surface area contributed by atoms with E-state index < -0.39 is 0 Å². The van der Waals surface area contributed by atoms with Crippen LogP contribution in [0.4, 0.5) is 5.69 Å². The highest BCUT2D eigenvalue weighted by Crippen LogP contribution is 2.30. The summed E-state index contributed by atoms with van der Waals surface area (Å²) in [4.78, 5) is 12.5. The minimum atomic E-state index is -0.0251. The Morgan fingerprint density at radius 1 is 1.00 bits per heavy atom. The molecule has 0 atom stereocenters. The Balaban J connectivity index is 2.21. The van der Waals surface area contributed by atoms with Crippen molar-refractivity contribution in [1.82, 2.24) is 15.0 Å². The van der Waals surface area contributed by atoms with Crippen molar-refractivity contribution in [3.05, 3.63) is 52.9 Å². The maximum absolute atomic E-state index is 11.1. The first-order chi connectivity index (χ1) is 9.99. The average molecular weight is 280 g/mol. The molecule has 0 saturated heterocycles. The normalized spacial score (nSPS) is 11.8. The van der Waals surface area contributed by atoms with Crippen molar-refractivity contribution in [2.45, 2.75) is 26.2 Å². The number of nitroso groups, excluding NO2 is 1. The number of benzene rings is 2. The van der Waals surface area contributed by atoms with Gasteiger partial charge in [-0.3, -0.25) is 0 Å². The SMILES string of the molecule is CC(C)(C)c1ccc(N=O)c(-n2nc3ccccc3n2)c1. The molecule has 0 unspecified atom stereocenters. The molecule has 3 rings (SSSR count). The van der Waals surface area contributed by atoms with Gasteiger partial charge in [0, 0.05) is 0 Å². The van der Waals surface area contributed by atoms with Crippen LogP contribution in [0.1, 0.15) is 26.3 Å². The first-order valence-corrected chi connectivity index (χ1v) is 6.79. The predicted octanol–water partition coefficient (Wildman–Crippen LogP) is 4.12. The van der Waals surface area contributed by atoms with E-state index in [1.165, 1.54) is 4.80 Å². The first-order valence-electron chi connectivity index (χ1n) is 6.79. The molecular weight excluding hydrogens is 264 g/mol. The molecule has 0 aliphatic carbocycles. The maximum Gasteiger partial charge on any atom is 0.135 e. The second-order valence-corrected chi connectivity index (χ2v) is 6.02. The van der Waals surface area contributed by atoms with Gasteiger partial charge in [0.05, 0.1) is 0 Å². The van der Waals surface area contributed by atoms with Gasteiger partial charge in [0.1, 0.15) is 22.4 Å². The zero-order valence-electron chi connectivity index (χ0n) is 12.2. The lowest BCUT2D eigenvalue weighted by Gasteiger charge is -2.19. The Morgan fingerprint density at radius 3 is 2.14 bits per heavy atom. The number of nitrogens with zero attached hydrogens (tertiary/aromatic N) is 4. The molecule has 21 heavy (non-hydrogen) atoms. The van der Waals surface area contributed by atoms with Crippen LogP contribution in [0.5, 0.6) is 0 Å². The number of rotatable bonds is 2. The first kappa shape index (κ1) is 13.4. The van der Waals surface area contributed by atoms with Gasteiger partial charge in [0.15, 0.2) is 0 Å². The van der Waals surface area contributed by atoms with Crippen molar-refractivity contribution < 1.29 is 0 Å². The van der Waals surface area contributed by atoms with Crippen LogP contribution in [0.3, 0.4) is 0 Å². The second-order valence-electron chi connectivity index (χ2n) is 6.02. The van der Waals surface area contributed by atoms with Crippen LogP contribution in [0.15, 0.2) is 47.6 Å². The number of hydrogen-bond donors (Lipinski definition) is 0. The van der Waals surface area contributed by atoms with E-state index in [9.17, 15) is 4.91 Å². The summed E-state index contributed by atoms with van der Waals surface area (Å²) in [6.45, 7) is 6.35. The third-order valence-corrected chi connectivity index (χ3v) is 3.44. The summed E-state index contributed by atoms with van der Waals surface area (Å²) >= 11 is 0. The van der Waals surface area contributed by atoms with E-state index in [1.807, 2.05) is 36.4 Å². The smallest absolute Gasteiger partial charge is 0.135 e. The van der Waals surface area contributed by atoms with Crippen molar-refractivity contribution in [3.63, 3.8) is 0 Å². The van der Waals surface area contributed by atoms with Gasteiger partial charge in [-0.05, 0) is 40.4 Å². The third kappa shape index (κ3) is 2.42. The van der Waals surface area contributed by atoms with E-state index in [4.69, 9.17) is 0 Å². The summed E-state index contributed by atoms with van der Waals surface area (Å²) in [5.74, 6) is 0. The van der Waals surface area contributed by atoms with Crippen molar-refractivity contribution >= 4 is 16.7 Å². The molecule has 0 spiro atoms. The standard InChI is InChI=1S/C16H16N4O/c1-16(2,3)11-8-9-14(19-21)15(10-11)20-17-12-6-4-5-7-13(12)18-20/h4-10H,1-3H3. The largest absolute Gasteiger partial charge is 0.148 e. The Labute approximate surface area is 122 Å². The molecular formula is C16H16N4O. The minimum absolute atomic E-state index is 0.0251. The Morgan fingerprint density at radius 2 is 1.62 bits per heavy atom. The van der Waals surface area contributed by atoms with Crippen molar-refractivity contribution in [1.29, 1.82) is 0 Å². The zero-order valence-corrected chi connectivity index (χ0v) is 12.2. The zero-order chi connectivity index (χ0) is 15.0. The Hall–Kier alpha value is -2.56. The molecule has 5 nitrogen and oxygen atoms in total. The Kier molecular flexibility index (Phi) is 3.05. The van der Waals surface area contributed by atoms with Crippen LogP contribution in [0.2, 0.25) is 0 Å². The van der Waals surface area contributed by atoms with Crippen molar-refractivity contribution in [2.75, 3.05) is 0 Å². The van der Waals surface area contributed by atoms with E-state index in [0.29, 0.717) is 11.4 Å². The van der Waals surface area contributed by atoms with Gasteiger partial charge < -0.3 is 0 Å². The lowest BCUT2D eigenvalue weighted by Crippen LogP contribution is -2.12. The molecule has 0 saturated carbocycles. The fraction of sp³-hybridized carbons (Fsp3) is 0.250. The summed E-state index contributed by atoms with van der Waals surface area (Å²) in [5.41, 5.74) is 3.59. The van der Waals surface area contributed by atoms with Gasteiger partial charge in [-0.2, -0.15) is 0 Å². The predicted molar refractivity (Wildman–Crippen MR) is 83.0 cm³/mol. The molecule has 0 radical (unpaired) electrons. The summed E-state index contributed by atoms with van der Waals surface area (Å²) in [7, 11) is 0. The fourth-order valence-corrected chi connectivity index (χ4v) is 2.19. The molecule has 2 aromatic carbocycles. The molecule has 0 aliphatic rings. The van der Waals surface area contributed by atoms with Gasteiger partial charge in [-0.1, -0.05) is 39.0 Å². The molecule has 0 N–H and O–H groups in total. The summed E-state index contributed by atoms with van der Waals surface area (Å²) < 4.78 is 0. The average Bonchev–Trinajstić information content (AvgIpc) is 2.89. The second kappa shape index (κ2) is 4.77. The summed E-state index contributed by atoms with van der Waals surface area (Å²) in [6.07, 6.45) is 0. The quantitative estimate of drug-likeness (QED) is 0.663. The monoisotopic (exact) mass is 280 g/mol. The van der Waals surface area contributed by atoms with E-state index in [1.54, 1.807) is 6.07 Å². The van der Waals surface area contributed by atoms with Crippen LogP contribution in [-0.4, -0.2) is 15.0 Å². The third-order valence-electron chi connectivity index (χ3n) is 3.44. The highest BCUT2D eigenvalue weighted by molar-refractivity contribution is 5.74. The summed E-state index contributed by atoms with van der Waals surface area (Å²) in [5, 5.41) is 11.9. The topological polar surface area (TPSA) is 60.1 Å². The van der Waals surface area contributed by atoms with Crippen LogP contribution >= 0.6 is 0 Å². The van der Waals surface area contributed by atoms with Crippen LogP contribution in [-0.2, 0) is 5.41 Å². The minimum Gasteiger partial charge on any atom is -0.148 e. The number of hydrogen-bond acceptors (Lipinski definition) is 4. The van der Waals surface area contributed by atoms with E-state index in [2.05, 4.69) is 36.1 Å². The lowest BCUT2D eigenvalue weighted by atomic mass is 9.87. The van der Waals surface area contributed by atoms with Gasteiger partial charge in [-0.15, -0.1) is 19.9 Å². The van der Waals surface area contributed by atoms with Gasteiger partial charge in [-0.25, -0.2) is 0 Å². The van der Waals surface area contributed by atoms with E-state index in [-0.39, 0.29) is 5.41 Å². The van der Waals surface area contributed by atoms with E-state index >= 15 is 0 Å². The van der Waals surface area contributed by atoms with Crippen molar-refractivity contribution in [2.24, 2.45) is 5.18 Å². The molecule has 1 aromatic heterocycles. The van der Waals surface area contributed by atoms with Crippen LogP contribution < -0.4 is 0 Å². The number of fused-ring (bicyclic) bond motifs is 1. The highest BCUT2D eigenvalue weighted by atomic mass is 16.3. The highest BCUT2D eigenvalue weighted by Gasteiger charge is 2.18. The fourth-order valence-electron chi connectivity index (χ4n) is 2.19. The molecule has 3 aromatic rings. The molecule has 0 fully saturated rings. The molecule has 0 aliphatic heterocycles. The summed E-state index contributed by atoms with van der Waals surface area (Å²) in [6, 6.07) is 13.2.